The number of nitrogens with zero attached hydrogens (tertiary/aromatic N) is 2. The Bertz CT molecular complexity index is 907. The molecule has 1 aromatic rings. The Balaban J connectivity index is 2.77. The summed E-state index contributed by atoms with van der Waals surface area (Å²) in [5.74, 6) is -4.37. The highest BCUT2D eigenvalue weighted by Gasteiger charge is 2.27. The van der Waals surface area contributed by atoms with Gasteiger partial charge in [-0.05, 0) is 45.8 Å². The molecule has 7 nitrogen and oxygen atoms in total. The standard InChI is InChI=1S/C16H27N5O2/c1-9-5-6-10(7-12(9)22)19-14-11(13(17)23)8-18-15(20-14)21-16(2,3)4/h8-10,12,22H,5-7H2,1-4H3,(H2,17,23)(H2,18,19,20,21)/i1D2,5D2,6D2,7D2,10D,12D. The summed E-state index contributed by atoms with van der Waals surface area (Å²) in [6, 6.07) is -3.48. The first-order valence-corrected chi connectivity index (χ1v) is 6.84. The topological polar surface area (TPSA) is 113 Å². The lowest BCUT2D eigenvalue weighted by Crippen LogP contribution is -2.36. The summed E-state index contributed by atoms with van der Waals surface area (Å²) in [4.78, 5) is 19.8. The van der Waals surface area contributed by atoms with E-state index >= 15 is 0 Å². The number of amides is 1. The van der Waals surface area contributed by atoms with Crippen molar-refractivity contribution < 1.29 is 23.6 Å². The molecule has 0 bridgehead atoms. The van der Waals surface area contributed by atoms with Crippen molar-refractivity contribution in [2.24, 2.45) is 11.7 Å². The molecule has 5 N–H and O–H groups in total. The second kappa shape index (κ2) is 6.70. The molecule has 7 heteroatoms. The second-order valence-corrected chi connectivity index (χ2v) is 5.95. The van der Waals surface area contributed by atoms with E-state index in [0.717, 1.165) is 6.20 Å². The van der Waals surface area contributed by atoms with Crippen LogP contribution in [-0.2, 0) is 0 Å². The predicted octanol–water partition coefficient (Wildman–Crippen LogP) is 1.75. The monoisotopic (exact) mass is 331 g/mol. The van der Waals surface area contributed by atoms with E-state index in [0.29, 0.717) is 0 Å². The molecule has 128 valence electrons. The molecule has 1 aliphatic rings. The number of hydrogen-bond acceptors (Lipinski definition) is 6. The third-order valence-corrected chi connectivity index (χ3v) is 2.68. The molecule has 1 aromatic heterocycles. The van der Waals surface area contributed by atoms with E-state index < -0.39 is 66.8 Å². The van der Waals surface area contributed by atoms with Gasteiger partial charge in [0.05, 0.1) is 14.4 Å². The zero-order valence-corrected chi connectivity index (χ0v) is 13.1. The van der Waals surface area contributed by atoms with Crippen LogP contribution in [0.3, 0.4) is 0 Å². The van der Waals surface area contributed by atoms with Gasteiger partial charge in [0.25, 0.3) is 5.91 Å². The number of primary amides is 1. The van der Waals surface area contributed by atoms with Gasteiger partial charge in [-0.15, -0.1) is 0 Å². The lowest BCUT2D eigenvalue weighted by Gasteiger charge is -2.32. The Morgan fingerprint density at radius 3 is 2.91 bits per heavy atom. The first-order chi connectivity index (χ1) is 14.5. The molecule has 0 saturated heterocycles. The quantitative estimate of drug-likeness (QED) is 0.668. The fourth-order valence-corrected chi connectivity index (χ4v) is 1.69. The highest BCUT2D eigenvalue weighted by molar-refractivity contribution is 5.97. The van der Waals surface area contributed by atoms with Gasteiger partial charge in [0, 0.05) is 28.7 Å². The second-order valence-electron chi connectivity index (χ2n) is 5.95. The van der Waals surface area contributed by atoms with Crippen LogP contribution in [0.15, 0.2) is 6.20 Å². The van der Waals surface area contributed by atoms with Crippen LogP contribution in [0.2, 0.25) is 0 Å². The summed E-state index contributed by atoms with van der Waals surface area (Å²) in [7, 11) is 0. The van der Waals surface area contributed by atoms with Crippen LogP contribution >= 0.6 is 0 Å². The van der Waals surface area contributed by atoms with Crippen molar-refractivity contribution in [2.75, 3.05) is 10.6 Å². The molecule has 0 aromatic carbocycles. The predicted molar refractivity (Wildman–Crippen MR) is 90.4 cm³/mol. The number of aromatic nitrogens is 2. The molecular weight excluding hydrogens is 294 g/mol. The minimum atomic E-state index is -3.63. The van der Waals surface area contributed by atoms with Crippen LogP contribution in [0, 0.1) is 5.92 Å². The zero-order valence-electron chi connectivity index (χ0n) is 23.1. The van der Waals surface area contributed by atoms with Gasteiger partial charge in [-0.1, -0.05) is 6.88 Å². The van der Waals surface area contributed by atoms with Crippen molar-refractivity contribution in [3.05, 3.63) is 11.8 Å². The number of anilines is 2. The third kappa shape index (κ3) is 4.79. The number of hydrogen-bond donors (Lipinski definition) is 4. The van der Waals surface area contributed by atoms with Gasteiger partial charge >= 0.3 is 0 Å². The van der Waals surface area contributed by atoms with Crippen LogP contribution in [0.5, 0.6) is 0 Å². The normalized spacial score (nSPS) is 44.5. The molecule has 2 rings (SSSR count). The Morgan fingerprint density at radius 2 is 2.30 bits per heavy atom. The van der Waals surface area contributed by atoms with E-state index in [9.17, 15) is 9.90 Å². The fourth-order valence-electron chi connectivity index (χ4n) is 1.69. The summed E-state index contributed by atoms with van der Waals surface area (Å²) in [6.45, 7) is 2.91. The molecular formula is C16H27N5O2. The summed E-state index contributed by atoms with van der Waals surface area (Å²) >= 11 is 0. The van der Waals surface area contributed by atoms with Gasteiger partial charge in [-0.2, -0.15) is 4.98 Å². The largest absolute Gasteiger partial charge is 0.393 e. The molecule has 3 unspecified atom stereocenters. The SMILES string of the molecule is [2H]C([2H])C1C([2H])([2H])C([2H])([2H])C([2H])(Nc2nc(NC(C)(C)C)ncc2C(N)=O)C([2H])([2H])C1([2H])O. The van der Waals surface area contributed by atoms with Crippen LogP contribution in [0.4, 0.5) is 11.8 Å². The van der Waals surface area contributed by atoms with Gasteiger partial charge in [-0.25, -0.2) is 4.98 Å². The van der Waals surface area contributed by atoms with Crippen LogP contribution in [-0.4, -0.2) is 38.6 Å². The average molecular weight is 331 g/mol. The molecule has 1 fully saturated rings. The van der Waals surface area contributed by atoms with Gasteiger partial charge in [-0.3, -0.25) is 4.79 Å². The molecule has 1 aliphatic carbocycles. The maximum absolute atomic E-state index is 11.9. The fraction of sp³-hybridized carbons (Fsp3) is 0.688. The minimum Gasteiger partial charge on any atom is -0.393 e. The first-order valence-electron chi connectivity index (χ1n) is 12.0. The van der Waals surface area contributed by atoms with Crippen molar-refractivity contribution in [3.8, 4) is 0 Å². The van der Waals surface area contributed by atoms with E-state index in [1.807, 2.05) is 0 Å². The molecule has 1 amide bonds. The maximum Gasteiger partial charge on any atom is 0.254 e. The Kier molecular flexibility index (Phi) is 2.41. The van der Waals surface area contributed by atoms with Gasteiger partial charge < -0.3 is 21.5 Å². The van der Waals surface area contributed by atoms with Crippen molar-refractivity contribution in [1.29, 1.82) is 0 Å². The Morgan fingerprint density at radius 1 is 1.57 bits per heavy atom. The number of carbonyl (C=O) groups is 1. The van der Waals surface area contributed by atoms with E-state index in [1.54, 1.807) is 20.8 Å². The van der Waals surface area contributed by atoms with Crippen molar-refractivity contribution >= 4 is 17.7 Å². The minimum absolute atomic E-state index is 0.116. The summed E-state index contributed by atoms with van der Waals surface area (Å²) in [6.07, 6.45) is -13.3. The molecule has 0 aliphatic heterocycles. The van der Waals surface area contributed by atoms with Crippen molar-refractivity contribution in [2.45, 2.75) is 64.4 Å². The number of nitrogens with one attached hydrogen (secondary N) is 2. The highest BCUT2D eigenvalue weighted by Crippen LogP contribution is 2.27. The maximum atomic E-state index is 11.9. The lowest BCUT2D eigenvalue weighted by molar-refractivity contribution is 0.0739. The Labute approximate surface area is 151 Å². The summed E-state index contributed by atoms with van der Waals surface area (Å²) in [5, 5.41) is 15.6. The Hall–Kier alpha value is -1.89. The summed E-state index contributed by atoms with van der Waals surface area (Å²) in [5.41, 5.74) is 4.24. The smallest absolute Gasteiger partial charge is 0.254 e. The van der Waals surface area contributed by atoms with Crippen molar-refractivity contribution in [1.82, 2.24) is 9.97 Å². The number of rotatable bonds is 4. The highest BCUT2D eigenvalue weighted by atomic mass is 16.3. The number of carbonyl (C=O) groups excluding carboxylic acids is 1. The summed E-state index contributed by atoms with van der Waals surface area (Å²) < 4.78 is 81.4. The number of nitrogens with two attached hydrogens (primary N) is 1. The molecule has 1 heterocycles. The third-order valence-electron chi connectivity index (χ3n) is 2.68. The average Bonchev–Trinajstić information content (AvgIpc) is 2.57. The molecule has 3 atom stereocenters. The van der Waals surface area contributed by atoms with Crippen LogP contribution in [0.1, 0.15) is 70.8 Å². The van der Waals surface area contributed by atoms with Crippen LogP contribution in [0.25, 0.3) is 0 Å². The zero-order chi connectivity index (χ0) is 26.0. The van der Waals surface area contributed by atoms with Gasteiger partial charge in [0.15, 0.2) is 0 Å². The molecule has 1 saturated carbocycles. The molecule has 0 radical (unpaired) electrons. The van der Waals surface area contributed by atoms with E-state index in [2.05, 4.69) is 20.6 Å². The molecule has 0 spiro atoms. The number of aliphatic hydroxyl groups is 1. The van der Waals surface area contributed by atoms with E-state index in [4.69, 9.17) is 19.4 Å². The lowest BCUT2D eigenvalue weighted by atomic mass is 9.85. The van der Waals surface area contributed by atoms with Gasteiger partial charge in [0.1, 0.15) is 5.82 Å². The van der Waals surface area contributed by atoms with Gasteiger partial charge in [0.2, 0.25) is 5.95 Å². The van der Waals surface area contributed by atoms with E-state index in [1.165, 1.54) is 0 Å². The molecule has 23 heavy (non-hydrogen) atoms. The van der Waals surface area contributed by atoms with E-state index in [-0.39, 0.29) is 5.95 Å². The van der Waals surface area contributed by atoms with Crippen LogP contribution < -0.4 is 16.4 Å². The van der Waals surface area contributed by atoms with Crippen molar-refractivity contribution in [3.63, 3.8) is 0 Å². The first kappa shape index (κ1) is 8.28.